The van der Waals surface area contributed by atoms with Crippen molar-refractivity contribution in [2.75, 3.05) is 33.5 Å². The maximum atomic E-state index is 11.0. The standard InChI is InChI=1S/C38H46O9S/c1-27-7-9-28(10-8-27)37(2,3)29-11-17-33(18-12-29)44-23-32(39)24-45-34-19-13-30(14-20-34)38(4,5)31-15-21-35(22-16-31)46-26-36(25-43-6)47-48(40,41)42/h7-22,32,36,39H,23-26H2,1-6H3,(H,40,41,42). The summed E-state index contributed by atoms with van der Waals surface area (Å²) >= 11 is 0. The van der Waals surface area contributed by atoms with Crippen LogP contribution in [0.1, 0.15) is 55.5 Å². The molecule has 0 aliphatic heterocycles. The van der Waals surface area contributed by atoms with Crippen LogP contribution in [-0.4, -0.2) is 63.8 Å². The second-order valence-electron chi connectivity index (χ2n) is 12.9. The number of aliphatic hydroxyl groups excluding tert-OH is 1. The molecule has 0 spiro atoms. The van der Waals surface area contributed by atoms with E-state index in [1.54, 1.807) is 12.1 Å². The SMILES string of the molecule is COCC(COc1ccc(C(C)(C)c2ccc(OCC(O)COc3ccc(C(C)(C)c4ccc(C)cc4)cc3)cc2)cc1)OS(=O)(=O)O. The average molecular weight is 679 g/mol. The molecule has 4 aromatic rings. The van der Waals surface area contributed by atoms with Crippen LogP contribution < -0.4 is 14.2 Å². The van der Waals surface area contributed by atoms with Crippen molar-refractivity contribution in [1.82, 2.24) is 0 Å². The van der Waals surface area contributed by atoms with Gasteiger partial charge in [-0.05, 0) is 65.6 Å². The Morgan fingerprint density at radius 2 is 0.917 bits per heavy atom. The van der Waals surface area contributed by atoms with Gasteiger partial charge in [0.2, 0.25) is 0 Å². The number of aryl methyl sites for hydroxylation is 1. The molecule has 0 saturated carbocycles. The molecule has 0 radical (unpaired) electrons. The van der Waals surface area contributed by atoms with E-state index < -0.39 is 22.6 Å². The van der Waals surface area contributed by atoms with E-state index >= 15 is 0 Å². The molecule has 0 amide bonds. The van der Waals surface area contributed by atoms with Crippen molar-refractivity contribution in [2.24, 2.45) is 0 Å². The van der Waals surface area contributed by atoms with Gasteiger partial charge in [-0.2, -0.15) is 8.42 Å². The zero-order chi connectivity index (χ0) is 35.0. The first-order valence-corrected chi connectivity index (χ1v) is 17.1. The lowest BCUT2D eigenvalue weighted by Crippen LogP contribution is -2.29. The summed E-state index contributed by atoms with van der Waals surface area (Å²) < 4.78 is 57.9. The molecule has 0 aliphatic carbocycles. The van der Waals surface area contributed by atoms with Crippen LogP contribution in [0, 0.1) is 6.92 Å². The molecule has 4 rings (SSSR count). The molecule has 0 aromatic heterocycles. The summed E-state index contributed by atoms with van der Waals surface area (Å²) in [6.45, 7) is 10.7. The second-order valence-corrected chi connectivity index (χ2v) is 13.9. The fourth-order valence-corrected chi connectivity index (χ4v) is 5.75. The van der Waals surface area contributed by atoms with Gasteiger partial charge in [-0.1, -0.05) is 93.9 Å². The van der Waals surface area contributed by atoms with E-state index in [9.17, 15) is 13.5 Å². The minimum Gasteiger partial charge on any atom is -0.491 e. The van der Waals surface area contributed by atoms with Gasteiger partial charge in [-0.15, -0.1) is 0 Å². The highest BCUT2D eigenvalue weighted by atomic mass is 32.3. The first kappa shape index (κ1) is 36.9. The van der Waals surface area contributed by atoms with Crippen LogP contribution in [-0.2, 0) is 30.1 Å². The molecule has 4 aromatic carbocycles. The van der Waals surface area contributed by atoms with Gasteiger partial charge in [-0.3, -0.25) is 4.55 Å². The van der Waals surface area contributed by atoms with Gasteiger partial charge in [0.05, 0.1) is 6.61 Å². The number of hydrogen-bond donors (Lipinski definition) is 2. The lowest BCUT2D eigenvalue weighted by molar-refractivity contribution is 0.0451. The van der Waals surface area contributed by atoms with Gasteiger partial charge >= 0.3 is 10.4 Å². The molecule has 2 unspecified atom stereocenters. The summed E-state index contributed by atoms with van der Waals surface area (Å²) in [5.74, 6) is 1.84. The summed E-state index contributed by atoms with van der Waals surface area (Å²) in [5.41, 5.74) is 5.26. The van der Waals surface area contributed by atoms with Crippen LogP contribution in [0.25, 0.3) is 0 Å². The number of methoxy groups -OCH3 is 1. The van der Waals surface area contributed by atoms with E-state index in [1.165, 1.54) is 23.8 Å². The monoisotopic (exact) mass is 678 g/mol. The van der Waals surface area contributed by atoms with Gasteiger partial charge < -0.3 is 24.1 Å². The molecule has 0 fully saturated rings. The van der Waals surface area contributed by atoms with Gasteiger partial charge in [0.1, 0.15) is 49.3 Å². The van der Waals surface area contributed by atoms with Crippen molar-refractivity contribution in [1.29, 1.82) is 0 Å². The molecule has 0 bridgehead atoms. The van der Waals surface area contributed by atoms with Gasteiger partial charge in [0.25, 0.3) is 0 Å². The molecule has 0 saturated heterocycles. The topological polar surface area (TPSA) is 121 Å². The van der Waals surface area contributed by atoms with Gasteiger partial charge in [0, 0.05) is 17.9 Å². The molecule has 10 heteroatoms. The third-order valence-electron chi connectivity index (χ3n) is 8.43. The normalized spacial score (nSPS) is 13.5. The maximum Gasteiger partial charge on any atom is 0.397 e. The fraction of sp³-hybridized carbons (Fsp3) is 0.368. The minimum absolute atomic E-state index is 0.0693. The molecular weight excluding hydrogens is 632 g/mol. The van der Waals surface area contributed by atoms with Gasteiger partial charge in [-0.25, -0.2) is 4.18 Å². The Kier molecular flexibility index (Phi) is 12.3. The van der Waals surface area contributed by atoms with Crippen LogP contribution in [0.4, 0.5) is 0 Å². The van der Waals surface area contributed by atoms with Crippen LogP contribution in [0.5, 0.6) is 17.2 Å². The zero-order valence-corrected chi connectivity index (χ0v) is 29.2. The summed E-state index contributed by atoms with van der Waals surface area (Å²) in [6.07, 6.45) is -1.80. The predicted octanol–water partition coefficient (Wildman–Crippen LogP) is 6.68. The van der Waals surface area contributed by atoms with E-state index in [1.807, 2.05) is 48.5 Å². The van der Waals surface area contributed by atoms with Crippen molar-refractivity contribution >= 4 is 10.4 Å². The van der Waals surface area contributed by atoms with E-state index in [0.717, 1.165) is 11.1 Å². The van der Waals surface area contributed by atoms with Gasteiger partial charge in [0.15, 0.2) is 0 Å². The first-order chi connectivity index (χ1) is 22.7. The maximum absolute atomic E-state index is 11.0. The van der Waals surface area contributed by atoms with Crippen LogP contribution in [0.3, 0.4) is 0 Å². The van der Waals surface area contributed by atoms with Crippen LogP contribution >= 0.6 is 0 Å². The molecule has 0 aliphatic rings. The molecule has 0 heterocycles. The largest absolute Gasteiger partial charge is 0.491 e. The summed E-state index contributed by atoms with van der Waals surface area (Å²) in [5, 5.41) is 10.5. The predicted molar refractivity (Wildman–Crippen MR) is 186 cm³/mol. The number of aliphatic hydroxyl groups is 1. The van der Waals surface area contributed by atoms with E-state index in [4.69, 9.17) is 23.5 Å². The minimum atomic E-state index is -4.63. The molecule has 258 valence electrons. The second kappa shape index (κ2) is 16.0. The van der Waals surface area contributed by atoms with Crippen LogP contribution in [0.2, 0.25) is 0 Å². The van der Waals surface area contributed by atoms with E-state index in [0.29, 0.717) is 17.2 Å². The highest BCUT2D eigenvalue weighted by Gasteiger charge is 2.25. The number of rotatable bonds is 17. The Hall–Kier alpha value is -3.93. The van der Waals surface area contributed by atoms with E-state index in [2.05, 4.69) is 75.2 Å². The van der Waals surface area contributed by atoms with E-state index in [-0.39, 0.29) is 37.3 Å². The van der Waals surface area contributed by atoms with Crippen molar-refractivity contribution in [3.8, 4) is 17.2 Å². The zero-order valence-electron chi connectivity index (χ0n) is 28.4. The van der Waals surface area contributed by atoms with Crippen molar-refractivity contribution in [3.63, 3.8) is 0 Å². The Morgan fingerprint density at radius 1 is 0.583 bits per heavy atom. The molecule has 48 heavy (non-hydrogen) atoms. The quantitative estimate of drug-likeness (QED) is 0.118. The highest BCUT2D eigenvalue weighted by Crippen LogP contribution is 2.34. The summed E-state index contributed by atoms with van der Waals surface area (Å²) in [6, 6.07) is 31.8. The first-order valence-electron chi connectivity index (χ1n) is 15.8. The van der Waals surface area contributed by atoms with Crippen molar-refractivity contribution < 1.29 is 41.2 Å². The lowest BCUT2D eigenvalue weighted by atomic mass is 9.78. The smallest absolute Gasteiger partial charge is 0.397 e. The number of ether oxygens (including phenoxy) is 4. The summed E-state index contributed by atoms with van der Waals surface area (Å²) in [7, 11) is -3.24. The third kappa shape index (κ3) is 10.3. The Labute approximate surface area is 284 Å². The highest BCUT2D eigenvalue weighted by molar-refractivity contribution is 7.80. The van der Waals surface area contributed by atoms with Crippen molar-refractivity contribution in [2.45, 2.75) is 57.7 Å². The number of benzene rings is 4. The third-order valence-corrected chi connectivity index (χ3v) is 8.95. The molecule has 2 N–H and O–H groups in total. The summed E-state index contributed by atoms with van der Waals surface area (Å²) in [4.78, 5) is 0. The Morgan fingerprint density at radius 3 is 1.25 bits per heavy atom. The Balaban J connectivity index is 1.25. The lowest BCUT2D eigenvalue weighted by Gasteiger charge is -2.27. The number of hydrogen-bond acceptors (Lipinski definition) is 8. The molecule has 9 nitrogen and oxygen atoms in total. The fourth-order valence-electron chi connectivity index (χ4n) is 5.29. The molecule has 2 atom stereocenters. The Bertz CT molecular complexity index is 1680. The van der Waals surface area contributed by atoms with Crippen molar-refractivity contribution in [3.05, 3.63) is 125 Å². The molecular formula is C38H46O9S. The van der Waals surface area contributed by atoms with Crippen LogP contribution in [0.15, 0.2) is 97.1 Å². The average Bonchev–Trinajstić information content (AvgIpc) is 3.05.